The molecule has 1 aromatic rings. The highest BCUT2D eigenvalue weighted by atomic mass is 16.3. The second-order valence-electron chi connectivity index (χ2n) is 3.31. The van der Waals surface area contributed by atoms with Crippen LogP contribution in [-0.2, 0) is 0 Å². The number of hydrogen-bond donors (Lipinski definition) is 1. The Morgan fingerprint density at radius 1 is 1.38 bits per heavy atom. The maximum atomic E-state index is 11.2. The van der Waals surface area contributed by atoms with Gasteiger partial charge >= 0.3 is 0 Å². The monoisotopic (exact) mass is 174 g/mol. The van der Waals surface area contributed by atoms with Gasteiger partial charge in [0.25, 0.3) is 0 Å². The van der Waals surface area contributed by atoms with E-state index in [0.29, 0.717) is 5.92 Å². The molecule has 1 aliphatic carbocycles. The fourth-order valence-electron chi connectivity index (χ4n) is 1.37. The van der Waals surface area contributed by atoms with Crippen molar-refractivity contribution in [1.29, 1.82) is 0 Å². The number of hydrogen-bond acceptors (Lipinski definition) is 2. The summed E-state index contributed by atoms with van der Waals surface area (Å²) in [5, 5.41) is 9.14. The Morgan fingerprint density at radius 3 is 2.69 bits per heavy atom. The molecule has 2 heteroatoms. The second-order valence-corrected chi connectivity index (χ2v) is 3.31. The molecule has 1 N–H and O–H groups in total. The van der Waals surface area contributed by atoms with E-state index in [1.54, 1.807) is 6.07 Å². The summed E-state index contributed by atoms with van der Waals surface area (Å²) in [5.41, 5.74) is 1.93. The predicted molar refractivity (Wildman–Crippen MR) is 50.9 cm³/mol. The zero-order valence-electron chi connectivity index (χ0n) is 7.32. The topological polar surface area (TPSA) is 37.3 Å². The van der Waals surface area contributed by atoms with Crippen molar-refractivity contribution in [3.8, 4) is 5.75 Å². The van der Waals surface area contributed by atoms with Crippen LogP contribution in [0.2, 0.25) is 0 Å². The maximum Gasteiger partial charge on any atom is 0.220 e. The van der Waals surface area contributed by atoms with Crippen molar-refractivity contribution >= 4 is 0 Å². The van der Waals surface area contributed by atoms with Crippen LogP contribution in [0.4, 0.5) is 0 Å². The lowest BCUT2D eigenvalue weighted by atomic mass is 10.1. The molecule has 2 rings (SSSR count). The summed E-state index contributed by atoms with van der Waals surface area (Å²) < 4.78 is 0. The standard InChI is InChI=1S/C11H10O2/c1-7-5-9(7)8-3-2-4-10(12)11(13)6-8/h2-6,9H,1H3,(H,12,13). The van der Waals surface area contributed by atoms with E-state index >= 15 is 0 Å². The Labute approximate surface area is 76.2 Å². The van der Waals surface area contributed by atoms with Gasteiger partial charge in [-0.15, -0.1) is 0 Å². The summed E-state index contributed by atoms with van der Waals surface area (Å²) in [6, 6.07) is 6.47. The van der Waals surface area contributed by atoms with Gasteiger partial charge in [-0.3, -0.25) is 4.79 Å². The van der Waals surface area contributed by atoms with E-state index in [0.717, 1.165) is 5.56 Å². The van der Waals surface area contributed by atoms with Crippen molar-refractivity contribution in [1.82, 2.24) is 0 Å². The van der Waals surface area contributed by atoms with Crippen LogP contribution in [-0.4, -0.2) is 5.11 Å². The van der Waals surface area contributed by atoms with Crippen molar-refractivity contribution in [3.05, 3.63) is 51.7 Å². The van der Waals surface area contributed by atoms with Crippen molar-refractivity contribution in [3.63, 3.8) is 0 Å². The van der Waals surface area contributed by atoms with Gasteiger partial charge in [-0.1, -0.05) is 23.8 Å². The molecule has 0 aromatic heterocycles. The molecule has 0 saturated carbocycles. The van der Waals surface area contributed by atoms with Crippen LogP contribution in [0, 0.1) is 0 Å². The van der Waals surface area contributed by atoms with Crippen LogP contribution in [0.5, 0.6) is 5.75 Å². The quantitative estimate of drug-likeness (QED) is 0.659. The number of allylic oxidation sites excluding steroid dienone is 2. The summed E-state index contributed by atoms with van der Waals surface area (Å²) in [6.07, 6.45) is 2.09. The summed E-state index contributed by atoms with van der Waals surface area (Å²) in [4.78, 5) is 11.2. The molecule has 0 aliphatic heterocycles. The van der Waals surface area contributed by atoms with Crippen molar-refractivity contribution in [2.75, 3.05) is 0 Å². The second kappa shape index (κ2) is 2.73. The molecule has 1 atom stereocenters. The molecule has 0 spiro atoms. The minimum atomic E-state index is -0.312. The first kappa shape index (κ1) is 8.05. The molecule has 13 heavy (non-hydrogen) atoms. The smallest absolute Gasteiger partial charge is 0.220 e. The molecule has 0 radical (unpaired) electrons. The highest BCUT2D eigenvalue weighted by molar-refractivity contribution is 5.44. The van der Waals surface area contributed by atoms with Gasteiger partial charge in [0, 0.05) is 5.92 Å². The van der Waals surface area contributed by atoms with Crippen molar-refractivity contribution < 1.29 is 5.11 Å². The van der Waals surface area contributed by atoms with E-state index in [-0.39, 0.29) is 11.2 Å². The van der Waals surface area contributed by atoms with Crippen molar-refractivity contribution in [2.45, 2.75) is 12.8 Å². The fraction of sp³-hybridized carbons (Fsp3) is 0.182. The summed E-state index contributed by atoms with van der Waals surface area (Å²) >= 11 is 0. The molecule has 0 fully saturated rings. The van der Waals surface area contributed by atoms with E-state index in [2.05, 4.69) is 6.08 Å². The molecule has 2 nitrogen and oxygen atoms in total. The summed E-state index contributed by atoms with van der Waals surface area (Å²) in [5.74, 6) is 0.129. The predicted octanol–water partition coefficient (Wildman–Crippen LogP) is 1.80. The molecule has 0 amide bonds. The Bertz CT molecular complexity index is 432. The first-order valence-corrected chi connectivity index (χ1v) is 4.20. The Kier molecular flexibility index (Phi) is 1.69. The molecule has 1 aromatic carbocycles. The first-order chi connectivity index (χ1) is 6.18. The third-order valence-corrected chi connectivity index (χ3v) is 2.26. The summed E-state index contributed by atoms with van der Waals surface area (Å²) in [7, 11) is 0. The molecule has 0 saturated heterocycles. The zero-order valence-corrected chi connectivity index (χ0v) is 7.32. The van der Waals surface area contributed by atoms with Crippen LogP contribution in [0.3, 0.4) is 0 Å². The average molecular weight is 174 g/mol. The Balaban J connectivity index is 2.46. The first-order valence-electron chi connectivity index (χ1n) is 4.20. The van der Waals surface area contributed by atoms with Crippen LogP contribution in [0.25, 0.3) is 0 Å². The number of rotatable bonds is 1. The number of aromatic hydroxyl groups is 1. The maximum absolute atomic E-state index is 11.2. The van der Waals surface area contributed by atoms with Crippen LogP contribution >= 0.6 is 0 Å². The average Bonchev–Trinajstić information content (AvgIpc) is 2.80. The zero-order chi connectivity index (χ0) is 9.42. The van der Waals surface area contributed by atoms with E-state index in [1.165, 1.54) is 17.7 Å². The molecule has 1 aliphatic rings. The lowest BCUT2D eigenvalue weighted by Crippen LogP contribution is -1.95. The Morgan fingerprint density at radius 2 is 2.08 bits per heavy atom. The summed E-state index contributed by atoms with van der Waals surface area (Å²) in [6.45, 7) is 2.03. The molecule has 0 bridgehead atoms. The van der Waals surface area contributed by atoms with Gasteiger partial charge in [0.2, 0.25) is 5.43 Å². The van der Waals surface area contributed by atoms with E-state index in [1.807, 2.05) is 13.0 Å². The lowest BCUT2D eigenvalue weighted by molar-refractivity contribution is 0.471. The van der Waals surface area contributed by atoms with Gasteiger partial charge < -0.3 is 5.11 Å². The molecule has 0 heterocycles. The van der Waals surface area contributed by atoms with Gasteiger partial charge in [0.05, 0.1) is 0 Å². The van der Waals surface area contributed by atoms with Crippen LogP contribution in [0.1, 0.15) is 18.4 Å². The highest BCUT2D eigenvalue weighted by Gasteiger charge is 2.21. The highest BCUT2D eigenvalue weighted by Crippen LogP contribution is 2.37. The van der Waals surface area contributed by atoms with Gasteiger partial charge in [-0.2, -0.15) is 0 Å². The van der Waals surface area contributed by atoms with E-state index in [9.17, 15) is 4.79 Å². The van der Waals surface area contributed by atoms with Crippen LogP contribution < -0.4 is 5.43 Å². The third kappa shape index (κ3) is 1.47. The van der Waals surface area contributed by atoms with Crippen molar-refractivity contribution in [2.24, 2.45) is 0 Å². The van der Waals surface area contributed by atoms with E-state index in [4.69, 9.17) is 5.11 Å². The lowest BCUT2D eigenvalue weighted by Gasteiger charge is -1.92. The molecular weight excluding hydrogens is 164 g/mol. The SMILES string of the molecule is CC1=CC1c1cccc(O)c(=O)c1. The van der Waals surface area contributed by atoms with E-state index < -0.39 is 0 Å². The van der Waals surface area contributed by atoms with Gasteiger partial charge in [-0.05, 0) is 24.6 Å². The molecular formula is C11H10O2. The normalized spacial score (nSPS) is 19.5. The van der Waals surface area contributed by atoms with Crippen LogP contribution in [0.15, 0.2) is 40.7 Å². The minimum absolute atomic E-state index is 0.190. The minimum Gasteiger partial charge on any atom is -0.504 e. The molecule has 1 unspecified atom stereocenters. The van der Waals surface area contributed by atoms with Gasteiger partial charge in [0.15, 0.2) is 5.75 Å². The van der Waals surface area contributed by atoms with Gasteiger partial charge in [0.1, 0.15) is 0 Å². The molecule has 66 valence electrons. The third-order valence-electron chi connectivity index (χ3n) is 2.26. The van der Waals surface area contributed by atoms with Gasteiger partial charge in [-0.25, -0.2) is 0 Å². The Hall–Kier alpha value is -1.57. The largest absolute Gasteiger partial charge is 0.504 e. The fourth-order valence-corrected chi connectivity index (χ4v) is 1.37.